The Hall–Kier alpha value is -2.30. The van der Waals surface area contributed by atoms with Crippen LogP contribution in [0.25, 0.3) is 5.69 Å². The molecule has 100 valence electrons. The quantitative estimate of drug-likeness (QED) is 0.878. The average molecular weight is 258 g/mol. The molecule has 0 aliphatic rings. The van der Waals surface area contributed by atoms with Crippen molar-refractivity contribution in [2.24, 2.45) is 5.92 Å². The highest BCUT2D eigenvalue weighted by Gasteiger charge is 2.15. The number of nitrogens with two attached hydrogens (primary N) is 1. The number of nitrogen functional groups attached to an aromatic ring is 1. The molecule has 2 aromatic rings. The van der Waals surface area contributed by atoms with E-state index in [0.29, 0.717) is 23.8 Å². The van der Waals surface area contributed by atoms with Gasteiger partial charge in [0.1, 0.15) is 11.4 Å². The Morgan fingerprint density at radius 2 is 2.05 bits per heavy atom. The Labute approximate surface area is 112 Å². The van der Waals surface area contributed by atoms with Gasteiger partial charge >= 0.3 is 0 Å². The van der Waals surface area contributed by atoms with Gasteiger partial charge in [0.2, 0.25) is 0 Å². The van der Waals surface area contributed by atoms with Crippen molar-refractivity contribution in [1.29, 1.82) is 0 Å². The molecule has 0 saturated heterocycles. The minimum Gasteiger partial charge on any atom is -0.383 e. The van der Waals surface area contributed by atoms with Gasteiger partial charge in [-0.05, 0) is 18.1 Å². The van der Waals surface area contributed by atoms with Crippen LogP contribution in [0, 0.1) is 5.92 Å². The number of nitrogens with zero attached hydrogens (tertiary/aromatic N) is 2. The number of rotatable bonds is 4. The van der Waals surface area contributed by atoms with E-state index < -0.39 is 0 Å². The number of hydrogen-bond acceptors (Lipinski definition) is 3. The Morgan fingerprint density at radius 3 is 2.68 bits per heavy atom. The molecule has 0 saturated carbocycles. The summed E-state index contributed by atoms with van der Waals surface area (Å²) in [4.78, 5) is 12.0. The molecule has 5 heteroatoms. The van der Waals surface area contributed by atoms with Crippen LogP contribution in [-0.4, -0.2) is 22.2 Å². The van der Waals surface area contributed by atoms with Crippen LogP contribution in [-0.2, 0) is 0 Å². The molecule has 0 bridgehead atoms. The summed E-state index contributed by atoms with van der Waals surface area (Å²) in [5.74, 6) is 0.565. The Morgan fingerprint density at radius 1 is 1.37 bits per heavy atom. The lowest BCUT2D eigenvalue weighted by Gasteiger charge is -2.07. The van der Waals surface area contributed by atoms with Gasteiger partial charge in [0.05, 0.1) is 11.9 Å². The number of nitrogens with one attached hydrogen (secondary N) is 1. The van der Waals surface area contributed by atoms with E-state index in [1.54, 1.807) is 4.68 Å². The molecule has 1 amide bonds. The lowest BCUT2D eigenvalue weighted by atomic mass is 10.2. The number of amides is 1. The van der Waals surface area contributed by atoms with Crippen LogP contribution < -0.4 is 11.1 Å². The van der Waals surface area contributed by atoms with E-state index in [9.17, 15) is 4.79 Å². The third kappa shape index (κ3) is 2.93. The van der Waals surface area contributed by atoms with Crippen molar-refractivity contribution in [3.8, 4) is 5.69 Å². The van der Waals surface area contributed by atoms with Crippen molar-refractivity contribution in [2.75, 3.05) is 12.3 Å². The first-order chi connectivity index (χ1) is 9.09. The summed E-state index contributed by atoms with van der Waals surface area (Å²) in [5, 5.41) is 7.00. The molecule has 0 atom stereocenters. The Bertz CT molecular complexity index is 560. The summed E-state index contributed by atoms with van der Waals surface area (Å²) in [6.45, 7) is 4.70. The highest BCUT2D eigenvalue weighted by atomic mass is 16.1. The van der Waals surface area contributed by atoms with Crippen LogP contribution in [0.4, 0.5) is 5.82 Å². The van der Waals surface area contributed by atoms with Gasteiger partial charge in [0.15, 0.2) is 0 Å². The first-order valence-corrected chi connectivity index (χ1v) is 6.26. The lowest BCUT2D eigenvalue weighted by Crippen LogP contribution is -2.27. The van der Waals surface area contributed by atoms with Crippen LogP contribution in [0.1, 0.15) is 24.2 Å². The molecular formula is C14H18N4O. The molecule has 0 fully saturated rings. The van der Waals surface area contributed by atoms with Crippen molar-refractivity contribution in [1.82, 2.24) is 15.1 Å². The van der Waals surface area contributed by atoms with E-state index in [1.165, 1.54) is 6.20 Å². The number of benzene rings is 1. The van der Waals surface area contributed by atoms with Crippen molar-refractivity contribution < 1.29 is 4.79 Å². The van der Waals surface area contributed by atoms with Crippen molar-refractivity contribution in [2.45, 2.75) is 13.8 Å². The number of carbonyl (C=O) groups is 1. The van der Waals surface area contributed by atoms with Gasteiger partial charge < -0.3 is 11.1 Å². The van der Waals surface area contributed by atoms with Crippen molar-refractivity contribution in [3.63, 3.8) is 0 Å². The predicted octanol–water partition coefficient (Wildman–Crippen LogP) is 1.84. The molecule has 0 aliphatic heterocycles. The van der Waals surface area contributed by atoms with Crippen LogP contribution in [0.2, 0.25) is 0 Å². The normalized spacial score (nSPS) is 10.7. The number of carbonyl (C=O) groups excluding carboxylic acids is 1. The molecule has 1 aromatic carbocycles. The zero-order valence-corrected chi connectivity index (χ0v) is 11.1. The molecule has 3 N–H and O–H groups in total. The summed E-state index contributed by atoms with van der Waals surface area (Å²) in [6.07, 6.45) is 1.50. The van der Waals surface area contributed by atoms with E-state index in [2.05, 4.69) is 10.4 Å². The molecule has 2 rings (SSSR count). The first-order valence-electron chi connectivity index (χ1n) is 6.26. The fraction of sp³-hybridized carbons (Fsp3) is 0.286. The third-order valence-corrected chi connectivity index (χ3v) is 2.72. The molecule has 0 unspecified atom stereocenters. The lowest BCUT2D eigenvalue weighted by molar-refractivity contribution is 0.0950. The Kier molecular flexibility index (Phi) is 3.85. The molecule has 0 spiro atoms. The van der Waals surface area contributed by atoms with Crippen LogP contribution in [0.5, 0.6) is 0 Å². The van der Waals surface area contributed by atoms with E-state index in [-0.39, 0.29) is 5.91 Å². The SMILES string of the molecule is CC(C)CNC(=O)c1cnn(-c2ccccc2)c1N. The fourth-order valence-electron chi connectivity index (χ4n) is 1.70. The second kappa shape index (κ2) is 5.56. The zero-order chi connectivity index (χ0) is 13.8. The molecule has 1 aromatic heterocycles. The fourth-order valence-corrected chi connectivity index (χ4v) is 1.70. The summed E-state index contributed by atoms with van der Waals surface area (Å²) in [7, 11) is 0. The van der Waals surface area contributed by atoms with Gasteiger partial charge in [-0.2, -0.15) is 5.10 Å². The van der Waals surface area contributed by atoms with E-state index in [1.807, 2.05) is 44.2 Å². The van der Waals surface area contributed by atoms with E-state index in [4.69, 9.17) is 5.73 Å². The smallest absolute Gasteiger partial charge is 0.256 e. The largest absolute Gasteiger partial charge is 0.383 e. The van der Waals surface area contributed by atoms with Gasteiger partial charge in [-0.15, -0.1) is 0 Å². The summed E-state index contributed by atoms with van der Waals surface area (Å²) >= 11 is 0. The second-order valence-electron chi connectivity index (χ2n) is 4.79. The monoisotopic (exact) mass is 258 g/mol. The molecule has 0 aliphatic carbocycles. The molecular weight excluding hydrogens is 240 g/mol. The van der Waals surface area contributed by atoms with Gasteiger partial charge in [0.25, 0.3) is 5.91 Å². The van der Waals surface area contributed by atoms with Gasteiger partial charge in [-0.25, -0.2) is 4.68 Å². The minimum absolute atomic E-state index is 0.187. The highest BCUT2D eigenvalue weighted by molar-refractivity contribution is 5.98. The molecule has 0 radical (unpaired) electrons. The van der Waals surface area contributed by atoms with Crippen molar-refractivity contribution in [3.05, 3.63) is 42.1 Å². The van der Waals surface area contributed by atoms with Crippen molar-refractivity contribution >= 4 is 11.7 Å². The maximum Gasteiger partial charge on any atom is 0.256 e. The van der Waals surface area contributed by atoms with Gasteiger partial charge in [0, 0.05) is 6.54 Å². The van der Waals surface area contributed by atoms with Crippen LogP contribution in [0.3, 0.4) is 0 Å². The van der Waals surface area contributed by atoms with Gasteiger partial charge in [-0.1, -0.05) is 32.0 Å². The second-order valence-corrected chi connectivity index (χ2v) is 4.79. The number of aromatic nitrogens is 2. The molecule has 1 heterocycles. The first kappa shape index (κ1) is 13.1. The molecule has 5 nitrogen and oxygen atoms in total. The highest BCUT2D eigenvalue weighted by Crippen LogP contribution is 2.16. The van der Waals surface area contributed by atoms with E-state index >= 15 is 0 Å². The summed E-state index contributed by atoms with van der Waals surface area (Å²) < 4.78 is 1.56. The number of para-hydroxylation sites is 1. The number of hydrogen-bond donors (Lipinski definition) is 2. The summed E-state index contributed by atoms with van der Waals surface area (Å²) in [5.41, 5.74) is 7.23. The average Bonchev–Trinajstić information content (AvgIpc) is 2.79. The predicted molar refractivity (Wildman–Crippen MR) is 75.1 cm³/mol. The molecule has 19 heavy (non-hydrogen) atoms. The summed E-state index contributed by atoms with van der Waals surface area (Å²) in [6, 6.07) is 9.49. The third-order valence-electron chi connectivity index (χ3n) is 2.72. The van der Waals surface area contributed by atoms with Gasteiger partial charge in [-0.3, -0.25) is 4.79 Å². The van der Waals surface area contributed by atoms with Crippen LogP contribution in [0.15, 0.2) is 36.5 Å². The maximum absolute atomic E-state index is 12.0. The Balaban J connectivity index is 2.21. The van der Waals surface area contributed by atoms with Crippen LogP contribution >= 0.6 is 0 Å². The standard InChI is InChI=1S/C14H18N4O/c1-10(2)8-16-14(19)12-9-17-18(13(12)15)11-6-4-3-5-7-11/h3-7,9-10H,8,15H2,1-2H3,(H,16,19). The van der Waals surface area contributed by atoms with E-state index in [0.717, 1.165) is 5.69 Å². The number of anilines is 1. The maximum atomic E-state index is 12.0. The zero-order valence-electron chi connectivity index (χ0n) is 11.1. The minimum atomic E-state index is -0.187. The topological polar surface area (TPSA) is 72.9 Å².